The highest BCUT2D eigenvalue weighted by molar-refractivity contribution is 8.45. The maximum absolute atomic E-state index is 13.0. The molecule has 2 fully saturated rings. The summed E-state index contributed by atoms with van der Waals surface area (Å²) in [5.74, 6) is 1.48. The Morgan fingerprint density at radius 2 is 1.71 bits per heavy atom. The Hall–Kier alpha value is -1.99. The minimum atomic E-state index is -9.68. The van der Waals surface area contributed by atoms with Crippen LogP contribution in [0.15, 0.2) is 40.3 Å². The van der Waals surface area contributed by atoms with Gasteiger partial charge in [-0.3, -0.25) is 4.21 Å². The van der Waals surface area contributed by atoms with Gasteiger partial charge >= 0.3 is 10.2 Å². The Kier molecular flexibility index (Phi) is 5.47. The van der Waals surface area contributed by atoms with Crippen molar-refractivity contribution in [3.63, 3.8) is 0 Å². The van der Waals surface area contributed by atoms with Gasteiger partial charge < -0.3 is 14.9 Å². The quantitative estimate of drug-likeness (QED) is 0.517. The summed E-state index contributed by atoms with van der Waals surface area (Å²) in [6.07, 6.45) is 5.51. The zero-order valence-corrected chi connectivity index (χ0v) is 20.5. The second-order valence-electron chi connectivity index (χ2n) is 9.59. The molecule has 35 heavy (non-hydrogen) atoms. The standard InChI is InChI=1S/C22H27F5N4O2S2/c23-35(24,25,26,27)18-4-2-16(3-5-18)17-6-10-30(11-7-17)21-28-14-19-20(29-21)31(12-13-34(19)33)22(15-32)8-1-9-22/h2-5,14,17,32H,1,6-13,15H2. The number of hydrogen-bond acceptors (Lipinski definition) is 6. The van der Waals surface area contributed by atoms with Gasteiger partial charge in [-0.1, -0.05) is 31.6 Å². The molecule has 2 aliphatic heterocycles. The first kappa shape index (κ1) is 24.7. The normalized spacial score (nSPS) is 24.8. The molecule has 1 atom stereocenters. The Balaban J connectivity index is 1.32. The summed E-state index contributed by atoms with van der Waals surface area (Å²) in [5, 5.41) is 10.1. The van der Waals surface area contributed by atoms with Crippen molar-refractivity contribution in [3.8, 4) is 0 Å². The zero-order chi connectivity index (χ0) is 25.1. The molecule has 1 saturated carbocycles. The Bertz CT molecular complexity index is 1150. The molecular formula is C22H27F5N4O2S2. The Morgan fingerprint density at radius 1 is 1.06 bits per heavy atom. The fourth-order valence-corrected chi connectivity index (χ4v) is 6.97. The van der Waals surface area contributed by atoms with Gasteiger partial charge in [0.05, 0.1) is 34.0 Å². The predicted octanol–water partition coefficient (Wildman–Crippen LogP) is 5.36. The van der Waals surface area contributed by atoms with Crippen LogP contribution in [-0.2, 0) is 10.8 Å². The third kappa shape index (κ3) is 4.62. The molecule has 3 heterocycles. The highest BCUT2D eigenvalue weighted by atomic mass is 32.5. The number of aliphatic hydroxyl groups excluding tert-OH is 1. The van der Waals surface area contributed by atoms with Gasteiger partial charge in [-0.2, -0.15) is 4.98 Å². The van der Waals surface area contributed by atoms with E-state index in [1.54, 1.807) is 6.20 Å². The average Bonchev–Trinajstić information content (AvgIpc) is 2.79. The number of piperidine rings is 1. The van der Waals surface area contributed by atoms with Gasteiger partial charge in [0.15, 0.2) is 5.82 Å². The van der Waals surface area contributed by atoms with Crippen molar-refractivity contribution in [2.45, 2.75) is 53.4 Å². The second kappa shape index (κ2) is 7.75. The molecule has 1 N–H and O–H groups in total. The summed E-state index contributed by atoms with van der Waals surface area (Å²) in [5.41, 5.74) is 0.220. The summed E-state index contributed by atoms with van der Waals surface area (Å²) < 4.78 is 77.6. The summed E-state index contributed by atoms with van der Waals surface area (Å²) >= 11 is 0. The molecule has 1 aromatic heterocycles. The fourth-order valence-electron chi connectivity index (χ4n) is 5.22. The molecule has 5 rings (SSSR count). The van der Waals surface area contributed by atoms with E-state index in [1.165, 1.54) is 0 Å². The molecular weight excluding hydrogens is 511 g/mol. The van der Waals surface area contributed by atoms with Gasteiger partial charge in [0.25, 0.3) is 0 Å². The third-order valence-corrected chi connectivity index (χ3v) is 9.95. The van der Waals surface area contributed by atoms with Crippen molar-refractivity contribution < 1.29 is 28.7 Å². The summed E-state index contributed by atoms with van der Waals surface area (Å²) in [4.78, 5) is 11.9. The van der Waals surface area contributed by atoms with E-state index in [1.807, 2.05) is 4.90 Å². The van der Waals surface area contributed by atoms with Gasteiger partial charge in [0.1, 0.15) is 4.90 Å². The Labute approximate surface area is 202 Å². The maximum atomic E-state index is 13.0. The minimum Gasteiger partial charge on any atom is -0.394 e. The lowest BCUT2D eigenvalue weighted by atomic mass is 9.76. The lowest BCUT2D eigenvalue weighted by Gasteiger charge is -2.51. The van der Waals surface area contributed by atoms with Gasteiger partial charge in [-0.05, 0) is 55.7 Å². The molecule has 194 valence electrons. The lowest BCUT2D eigenvalue weighted by molar-refractivity contribution is 0.115. The van der Waals surface area contributed by atoms with Crippen LogP contribution in [0.4, 0.5) is 31.2 Å². The molecule has 2 aromatic rings. The van der Waals surface area contributed by atoms with Crippen molar-refractivity contribution in [2.24, 2.45) is 0 Å². The number of aliphatic hydroxyl groups is 1. The van der Waals surface area contributed by atoms with E-state index in [9.17, 15) is 28.7 Å². The second-order valence-corrected chi connectivity index (χ2v) is 13.5. The lowest BCUT2D eigenvalue weighted by Crippen LogP contribution is -2.59. The first-order valence-corrected chi connectivity index (χ1v) is 14.8. The number of anilines is 2. The van der Waals surface area contributed by atoms with Crippen molar-refractivity contribution in [1.29, 1.82) is 0 Å². The molecule has 0 amide bonds. The molecule has 6 nitrogen and oxygen atoms in total. The summed E-state index contributed by atoms with van der Waals surface area (Å²) in [7, 11) is -10.9. The van der Waals surface area contributed by atoms with Crippen LogP contribution in [0.25, 0.3) is 0 Å². The van der Waals surface area contributed by atoms with E-state index >= 15 is 0 Å². The third-order valence-electron chi connectivity index (χ3n) is 7.45. The molecule has 1 aromatic carbocycles. The number of rotatable bonds is 5. The van der Waals surface area contributed by atoms with E-state index < -0.39 is 25.9 Å². The first-order chi connectivity index (χ1) is 16.3. The van der Waals surface area contributed by atoms with Crippen LogP contribution in [0.1, 0.15) is 43.6 Å². The molecule has 0 spiro atoms. The van der Waals surface area contributed by atoms with E-state index in [-0.39, 0.29) is 18.1 Å². The molecule has 1 saturated heterocycles. The molecule has 0 radical (unpaired) electrons. The molecule has 13 heteroatoms. The maximum Gasteiger partial charge on any atom is 0.310 e. The van der Waals surface area contributed by atoms with Crippen molar-refractivity contribution in [2.75, 3.05) is 41.8 Å². The van der Waals surface area contributed by atoms with Crippen LogP contribution < -0.4 is 9.80 Å². The van der Waals surface area contributed by atoms with Crippen LogP contribution in [0, 0.1) is 0 Å². The topological polar surface area (TPSA) is 69.6 Å². The Morgan fingerprint density at radius 3 is 2.26 bits per heavy atom. The number of hydrogen-bond donors (Lipinski definition) is 1. The van der Waals surface area contributed by atoms with E-state index in [2.05, 4.69) is 9.88 Å². The number of benzene rings is 1. The van der Waals surface area contributed by atoms with Gasteiger partial charge in [0.2, 0.25) is 5.95 Å². The first-order valence-electron chi connectivity index (χ1n) is 11.5. The fraction of sp³-hybridized carbons (Fsp3) is 0.545. The largest absolute Gasteiger partial charge is 0.394 e. The van der Waals surface area contributed by atoms with E-state index in [0.717, 1.165) is 31.4 Å². The van der Waals surface area contributed by atoms with Crippen LogP contribution >= 0.6 is 10.2 Å². The van der Waals surface area contributed by atoms with E-state index in [4.69, 9.17) is 4.98 Å². The molecule has 3 aliphatic rings. The summed E-state index contributed by atoms with van der Waals surface area (Å²) in [6, 6.07) is 3.23. The van der Waals surface area contributed by atoms with Crippen LogP contribution in [0.5, 0.6) is 0 Å². The van der Waals surface area contributed by atoms with Crippen molar-refractivity contribution >= 4 is 32.8 Å². The van der Waals surface area contributed by atoms with Gasteiger partial charge in [-0.15, -0.1) is 0 Å². The van der Waals surface area contributed by atoms with Crippen LogP contribution in [0.3, 0.4) is 0 Å². The van der Waals surface area contributed by atoms with Crippen LogP contribution in [-0.4, -0.2) is 56.8 Å². The SMILES string of the molecule is O=S1CCN(C2(CO)CCC2)c2nc(N3CCC(c4ccc(S(F)(F)(F)(F)F)cc4)CC3)ncc21. The molecule has 1 aliphatic carbocycles. The summed E-state index contributed by atoms with van der Waals surface area (Å²) in [6.45, 7) is 1.64. The smallest absolute Gasteiger partial charge is 0.310 e. The number of aromatic nitrogens is 2. The average molecular weight is 539 g/mol. The highest BCUT2D eigenvalue weighted by Gasteiger charge is 2.65. The van der Waals surface area contributed by atoms with Crippen molar-refractivity contribution in [1.82, 2.24) is 9.97 Å². The monoisotopic (exact) mass is 538 g/mol. The van der Waals surface area contributed by atoms with Gasteiger partial charge in [0, 0.05) is 25.4 Å². The minimum absolute atomic E-state index is 0.00457. The number of halogens is 5. The number of nitrogens with zero attached hydrogens (tertiary/aromatic N) is 4. The predicted molar refractivity (Wildman–Crippen MR) is 126 cm³/mol. The number of fused-ring (bicyclic) bond motifs is 1. The molecule has 0 bridgehead atoms. The zero-order valence-electron chi connectivity index (χ0n) is 18.9. The molecule has 1 unspecified atom stereocenters. The highest BCUT2D eigenvalue weighted by Crippen LogP contribution is 3.02. The van der Waals surface area contributed by atoms with Gasteiger partial charge in [-0.25, -0.2) is 4.98 Å². The van der Waals surface area contributed by atoms with Crippen LogP contribution in [0.2, 0.25) is 0 Å². The van der Waals surface area contributed by atoms with E-state index in [0.29, 0.717) is 72.6 Å². The van der Waals surface area contributed by atoms with Crippen molar-refractivity contribution in [3.05, 3.63) is 36.0 Å².